The third kappa shape index (κ3) is 6.00. The van der Waals surface area contributed by atoms with Gasteiger partial charge in [-0.3, -0.25) is 4.57 Å². The van der Waals surface area contributed by atoms with Gasteiger partial charge in [-0.05, 0) is 33.6 Å². The highest BCUT2D eigenvalue weighted by Gasteiger charge is 2.38. The molecule has 0 spiro atoms. The Balaban J connectivity index is 4.70. The molecule has 0 amide bonds. The molecule has 0 saturated carbocycles. The molecule has 0 fully saturated rings. The molecular formula is C11H27NO3P+. The Labute approximate surface area is 99.4 Å². The fourth-order valence-electron chi connectivity index (χ4n) is 1.46. The van der Waals surface area contributed by atoms with E-state index in [1.807, 2.05) is 27.7 Å². The Bertz CT molecular complexity index is 227. The van der Waals surface area contributed by atoms with Crippen LogP contribution in [0.4, 0.5) is 0 Å². The van der Waals surface area contributed by atoms with Crippen LogP contribution in [-0.4, -0.2) is 18.0 Å². The van der Waals surface area contributed by atoms with Crippen molar-refractivity contribution >= 4 is 7.60 Å². The molecule has 0 bridgehead atoms. The average Bonchev–Trinajstić information content (AvgIpc) is 1.98. The van der Waals surface area contributed by atoms with Gasteiger partial charge in [0.15, 0.2) is 5.78 Å². The molecule has 4 nitrogen and oxygen atoms in total. The lowest BCUT2D eigenvalue weighted by Gasteiger charge is -2.26. The zero-order valence-electron chi connectivity index (χ0n) is 11.4. The Kier molecular flexibility index (Phi) is 6.80. The summed E-state index contributed by atoms with van der Waals surface area (Å²) in [5.41, 5.74) is 3.94. The minimum absolute atomic E-state index is 0.110. The zero-order valence-corrected chi connectivity index (χ0v) is 12.3. The molecule has 0 saturated heterocycles. The topological polar surface area (TPSA) is 63.2 Å². The first-order valence-corrected chi connectivity index (χ1v) is 7.58. The smallest absolute Gasteiger partial charge is 0.345 e. The molecule has 3 N–H and O–H groups in total. The Hall–Kier alpha value is 0.110. The highest BCUT2D eigenvalue weighted by atomic mass is 31.2. The van der Waals surface area contributed by atoms with Crippen LogP contribution in [0.15, 0.2) is 0 Å². The summed E-state index contributed by atoms with van der Waals surface area (Å²) in [5, 5.41) is 0. The van der Waals surface area contributed by atoms with Crippen LogP contribution in [0.2, 0.25) is 0 Å². The van der Waals surface area contributed by atoms with Crippen molar-refractivity contribution in [3.05, 3.63) is 0 Å². The summed E-state index contributed by atoms with van der Waals surface area (Å²) in [5.74, 6) is 0.139. The third-order valence-electron chi connectivity index (χ3n) is 1.91. The van der Waals surface area contributed by atoms with E-state index in [4.69, 9.17) is 9.05 Å². The predicted molar refractivity (Wildman–Crippen MR) is 66.2 cm³/mol. The van der Waals surface area contributed by atoms with Crippen LogP contribution in [0.3, 0.4) is 0 Å². The molecule has 0 rings (SSSR count). The molecule has 1 atom stereocenters. The van der Waals surface area contributed by atoms with Crippen molar-refractivity contribution in [3.8, 4) is 0 Å². The SMILES string of the molecule is CC(C)C[C@H]([NH3+])P(=O)(OC(C)C)OC(C)C. The van der Waals surface area contributed by atoms with Gasteiger partial charge in [0, 0.05) is 6.42 Å². The van der Waals surface area contributed by atoms with Crippen LogP contribution in [0.5, 0.6) is 0 Å². The van der Waals surface area contributed by atoms with Gasteiger partial charge in [0.25, 0.3) is 0 Å². The Morgan fingerprint density at radius 3 is 1.62 bits per heavy atom. The molecule has 0 aromatic rings. The first kappa shape index (κ1) is 16.1. The molecule has 5 heteroatoms. The molecule has 0 aliphatic heterocycles. The number of rotatable bonds is 7. The summed E-state index contributed by atoms with van der Waals surface area (Å²) in [6.45, 7) is 11.6. The van der Waals surface area contributed by atoms with E-state index in [1.165, 1.54) is 0 Å². The fourth-order valence-corrected chi connectivity index (χ4v) is 3.71. The summed E-state index contributed by atoms with van der Waals surface area (Å²) in [6.07, 6.45) is 0.526. The van der Waals surface area contributed by atoms with Crippen molar-refractivity contribution in [1.82, 2.24) is 0 Å². The molecule has 98 valence electrons. The van der Waals surface area contributed by atoms with Gasteiger partial charge in [-0.1, -0.05) is 13.8 Å². The van der Waals surface area contributed by atoms with Crippen LogP contribution in [0.1, 0.15) is 48.0 Å². The quantitative estimate of drug-likeness (QED) is 0.708. The first-order valence-electron chi connectivity index (χ1n) is 5.97. The van der Waals surface area contributed by atoms with Crippen molar-refractivity contribution in [2.45, 2.75) is 66.0 Å². The third-order valence-corrected chi connectivity index (χ3v) is 4.44. The summed E-state index contributed by atoms with van der Waals surface area (Å²) >= 11 is 0. The summed E-state index contributed by atoms with van der Waals surface area (Å²) in [6, 6.07) is 0. The number of hydrogen-bond acceptors (Lipinski definition) is 3. The summed E-state index contributed by atoms with van der Waals surface area (Å²) in [7, 11) is -3.09. The van der Waals surface area contributed by atoms with Gasteiger partial charge in [-0.2, -0.15) is 0 Å². The van der Waals surface area contributed by atoms with E-state index in [1.54, 1.807) is 0 Å². The van der Waals surface area contributed by atoms with Crippen molar-refractivity contribution in [2.75, 3.05) is 0 Å². The monoisotopic (exact) mass is 252 g/mol. The molecular weight excluding hydrogens is 225 g/mol. The fraction of sp³-hybridized carbons (Fsp3) is 1.00. The Morgan fingerprint density at radius 1 is 1.00 bits per heavy atom. The van der Waals surface area contributed by atoms with Gasteiger partial charge in [0.05, 0.1) is 12.2 Å². The zero-order chi connectivity index (χ0) is 12.9. The molecule has 0 radical (unpaired) electrons. The van der Waals surface area contributed by atoms with Crippen molar-refractivity contribution in [1.29, 1.82) is 0 Å². The van der Waals surface area contributed by atoms with Crippen LogP contribution in [-0.2, 0) is 13.6 Å². The molecule has 16 heavy (non-hydrogen) atoms. The van der Waals surface area contributed by atoms with E-state index in [2.05, 4.69) is 19.6 Å². The molecule has 0 unspecified atom stereocenters. The molecule has 0 aliphatic rings. The maximum atomic E-state index is 12.6. The second-order valence-corrected chi connectivity index (χ2v) is 7.36. The lowest BCUT2D eigenvalue weighted by Crippen LogP contribution is -2.61. The van der Waals surface area contributed by atoms with E-state index in [9.17, 15) is 4.57 Å². The average molecular weight is 252 g/mol. The highest BCUT2D eigenvalue weighted by Crippen LogP contribution is 2.53. The van der Waals surface area contributed by atoms with Crippen molar-refractivity contribution in [3.63, 3.8) is 0 Å². The van der Waals surface area contributed by atoms with Crippen molar-refractivity contribution in [2.24, 2.45) is 5.92 Å². The second-order valence-electron chi connectivity index (χ2n) is 5.13. The molecule has 0 aliphatic carbocycles. The standard InChI is InChI=1S/C11H26NO3P/c1-8(2)7-11(12)16(13,14-9(3)4)15-10(5)6/h8-11H,7,12H2,1-6H3/p+1/t11-/m1/s1. The maximum absolute atomic E-state index is 12.6. The van der Waals surface area contributed by atoms with Gasteiger partial charge in [0.1, 0.15) is 0 Å². The van der Waals surface area contributed by atoms with Crippen LogP contribution < -0.4 is 5.73 Å². The minimum Gasteiger partial charge on any atom is -0.345 e. The molecule has 0 aromatic heterocycles. The number of quaternary nitrogens is 1. The molecule has 0 aromatic carbocycles. The first-order chi connectivity index (χ1) is 7.17. The van der Waals surface area contributed by atoms with E-state index >= 15 is 0 Å². The summed E-state index contributed by atoms with van der Waals surface area (Å²) in [4.78, 5) is 0. The number of hydrogen-bond donors (Lipinski definition) is 1. The lowest BCUT2D eigenvalue weighted by atomic mass is 10.1. The predicted octanol–water partition coefficient (Wildman–Crippen LogP) is 2.64. The van der Waals surface area contributed by atoms with E-state index in [-0.39, 0.29) is 18.0 Å². The van der Waals surface area contributed by atoms with Crippen molar-refractivity contribution < 1.29 is 19.3 Å². The van der Waals surface area contributed by atoms with Gasteiger partial charge in [-0.25, -0.2) is 0 Å². The Morgan fingerprint density at radius 2 is 1.38 bits per heavy atom. The second kappa shape index (κ2) is 6.75. The van der Waals surface area contributed by atoms with Gasteiger partial charge < -0.3 is 14.8 Å². The maximum Gasteiger partial charge on any atom is 0.387 e. The minimum atomic E-state index is -3.09. The van der Waals surface area contributed by atoms with E-state index in [0.29, 0.717) is 5.92 Å². The van der Waals surface area contributed by atoms with Gasteiger partial charge in [-0.15, -0.1) is 0 Å². The normalized spacial score (nSPS) is 15.1. The van der Waals surface area contributed by atoms with Gasteiger partial charge in [0.2, 0.25) is 0 Å². The summed E-state index contributed by atoms with van der Waals surface area (Å²) < 4.78 is 23.5. The largest absolute Gasteiger partial charge is 0.387 e. The molecule has 0 heterocycles. The van der Waals surface area contributed by atoms with Crippen LogP contribution in [0, 0.1) is 5.92 Å². The van der Waals surface area contributed by atoms with Gasteiger partial charge >= 0.3 is 7.60 Å². The van der Waals surface area contributed by atoms with E-state index in [0.717, 1.165) is 6.42 Å². The van der Waals surface area contributed by atoms with E-state index < -0.39 is 7.60 Å². The lowest BCUT2D eigenvalue weighted by molar-refractivity contribution is -0.397. The van der Waals surface area contributed by atoms with Crippen LogP contribution in [0.25, 0.3) is 0 Å². The van der Waals surface area contributed by atoms with Crippen LogP contribution >= 0.6 is 7.60 Å². The highest BCUT2D eigenvalue weighted by molar-refractivity contribution is 7.54.